The average Bonchev–Trinajstić information content (AvgIpc) is 3.66. The molecule has 0 radical (unpaired) electrons. The van der Waals surface area contributed by atoms with Crippen molar-refractivity contribution in [1.82, 2.24) is 19.4 Å². The van der Waals surface area contributed by atoms with E-state index in [2.05, 4.69) is 82.9 Å². The minimum atomic E-state index is 0.199. The first-order chi connectivity index (χ1) is 17.9. The summed E-state index contributed by atoms with van der Waals surface area (Å²) in [7, 11) is 0. The van der Waals surface area contributed by atoms with E-state index in [9.17, 15) is 0 Å². The number of nitrogens with one attached hydrogen (secondary N) is 1. The Morgan fingerprint density at radius 1 is 1.11 bits per heavy atom. The van der Waals surface area contributed by atoms with Crippen LogP contribution in [0.2, 0.25) is 0 Å². The second kappa shape index (κ2) is 9.24. The molecule has 0 bridgehead atoms. The molecule has 2 aliphatic heterocycles. The van der Waals surface area contributed by atoms with Crippen molar-refractivity contribution in [2.45, 2.75) is 45.7 Å². The van der Waals surface area contributed by atoms with Crippen molar-refractivity contribution >= 4 is 5.69 Å². The van der Waals surface area contributed by atoms with Gasteiger partial charge in [-0.05, 0) is 80.1 Å². The van der Waals surface area contributed by atoms with Crippen molar-refractivity contribution in [3.05, 3.63) is 78.2 Å². The van der Waals surface area contributed by atoms with Crippen molar-refractivity contribution in [1.29, 1.82) is 5.26 Å². The molecule has 1 N–H and O–H groups in total. The van der Waals surface area contributed by atoms with Gasteiger partial charge in [0.15, 0.2) is 5.82 Å². The van der Waals surface area contributed by atoms with E-state index in [0.717, 1.165) is 55.2 Å². The molecule has 6 rings (SSSR count). The standard InChI is InChI=1S/C31H34N6/c1-4-31(2,3)34-18-23-11-13-35(19-23)27-9-10-28-26(15-27)21-36-20-25(24-7-5-22(17-32)6-8-24)16-29(36)30-33-12-14-37(28)30/h5-10,12,14-16,20,23,34H,4,11,13,18-19,21H2,1-3H3/t23-/m0/s1. The van der Waals surface area contributed by atoms with Crippen LogP contribution in [0, 0.1) is 17.2 Å². The molecule has 1 fully saturated rings. The first-order valence-electron chi connectivity index (χ1n) is 13.3. The summed E-state index contributed by atoms with van der Waals surface area (Å²) in [5.41, 5.74) is 8.02. The molecule has 0 amide bonds. The summed E-state index contributed by atoms with van der Waals surface area (Å²) < 4.78 is 4.52. The number of nitrogens with zero attached hydrogens (tertiary/aromatic N) is 5. The van der Waals surface area contributed by atoms with E-state index in [4.69, 9.17) is 10.2 Å². The molecule has 6 heteroatoms. The minimum Gasteiger partial charge on any atom is -0.371 e. The SMILES string of the molecule is CCC(C)(C)NC[C@@H]1CCN(c2ccc3c(c2)Cn2cc(-c4ccc(C#N)cc4)cc2-c2nccn2-3)C1. The van der Waals surface area contributed by atoms with Crippen molar-refractivity contribution in [3.63, 3.8) is 0 Å². The lowest BCUT2D eigenvalue weighted by atomic mass is 10.00. The molecule has 0 saturated carbocycles. The Hall–Kier alpha value is -3.82. The largest absolute Gasteiger partial charge is 0.371 e. The van der Waals surface area contributed by atoms with Gasteiger partial charge in [0.2, 0.25) is 0 Å². The molecule has 4 heterocycles. The van der Waals surface area contributed by atoms with Gasteiger partial charge in [-0.1, -0.05) is 19.1 Å². The van der Waals surface area contributed by atoms with Crippen LogP contribution in [-0.2, 0) is 6.54 Å². The van der Waals surface area contributed by atoms with Gasteiger partial charge in [0.05, 0.1) is 23.0 Å². The van der Waals surface area contributed by atoms with Crippen molar-refractivity contribution in [3.8, 4) is 34.4 Å². The molecule has 6 nitrogen and oxygen atoms in total. The van der Waals surface area contributed by atoms with E-state index in [0.29, 0.717) is 11.5 Å². The fourth-order valence-electron chi connectivity index (χ4n) is 5.50. The predicted molar refractivity (Wildman–Crippen MR) is 149 cm³/mol. The molecule has 188 valence electrons. The summed E-state index contributed by atoms with van der Waals surface area (Å²) in [5.74, 6) is 1.63. The highest BCUT2D eigenvalue weighted by Gasteiger charge is 2.27. The Morgan fingerprint density at radius 3 is 2.73 bits per heavy atom. The number of imidazole rings is 1. The number of fused-ring (bicyclic) bond motifs is 5. The second-order valence-corrected chi connectivity index (χ2v) is 11.1. The maximum absolute atomic E-state index is 9.15. The van der Waals surface area contributed by atoms with Crippen molar-refractivity contribution in [2.24, 2.45) is 5.92 Å². The predicted octanol–water partition coefficient (Wildman–Crippen LogP) is 5.85. The molecule has 2 aromatic heterocycles. The van der Waals surface area contributed by atoms with Crippen LogP contribution >= 0.6 is 0 Å². The zero-order valence-corrected chi connectivity index (χ0v) is 21.9. The Labute approximate surface area is 219 Å². The average molecular weight is 491 g/mol. The zero-order valence-electron chi connectivity index (χ0n) is 21.9. The highest BCUT2D eigenvalue weighted by molar-refractivity contribution is 5.72. The van der Waals surface area contributed by atoms with Crippen LogP contribution in [0.4, 0.5) is 5.69 Å². The van der Waals surface area contributed by atoms with E-state index in [1.54, 1.807) is 0 Å². The van der Waals surface area contributed by atoms with Crippen LogP contribution in [0.1, 0.15) is 44.7 Å². The Morgan fingerprint density at radius 2 is 1.95 bits per heavy atom. The Kier molecular flexibility index (Phi) is 5.89. The molecule has 0 aliphatic carbocycles. The summed E-state index contributed by atoms with van der Waals surface area (Å²) in [5, 5.41) is 12.9. The maximum Gasteiger partial charge on any atom is 0.161 e. The molecule has 4 aromatic rings. The molecular weight excluding hydrogens is 456 g/mol. The lowest BCUT2D eigenvalue weighted by molar-refractivity contribution is 0.346. The van der Waals surface area contributed by atoms with Gasteiger partial charge in [0.1, 0.15) is 0 Å². The summed E-state index contributed by atoms with van der Waals surface area (Å²) in [6, 6.07) is 19.1. The quantitative estimate of drug-likeness (QED) is 0.325. The van der Waals surface area contributed by atoms with E-state index in [-0.39, 0.29) is 5.54 Å². The van der Waals surface area contributed by atoms with Crippen LogP contribution in [0.15, 0.2) is 67.1 Å². The summed E-state index contributed by atoms with van der Waals surface area (Å²) in [6.45, 7) is 10.9. The molecule has 2 aromatic carbocycles. The number of benzene rings is 2. The summed E-state index contributed by atoms with van der Waals surface area (Å²) >= 11 is 0. The van der Waals surface area contributed by atoms with E-state index in [1.807, 2.05) is 30.5 Å². The van der Waals surface area contributed by atoms with Gasteiger partial charge in [-0.15, -0.1) is 0 Å². The van der Waals surface area contributed by atoms with Crippen LogP contribution in [0.25, 0.3) is 28.3 Å². The first-order valence-corrected chi connectivity index (χ1v) is 13.3. The van der Waals surface area contributed by atoms with Gasteiger partial charge >= 0.3 is 0 Å². The monoisotopic (exact) mass is 490 g/mol. The number of nitriles is 1. The number of hydrogen-bond acceptors (Lipinski definition) is 4. The molecule has 0 spiro atoms. The maximum atomic E-state index is 9.15. The van der Waals surface area contributed by atoms with Crippen molar-refractivity contribution in [2.75, 3.05) is 24.5 Å². The fourth-order valence-corrected chi connectivity index (χ4v) is 5.50. The molecule has 1 saturated heterocycles. The third kappa shape index (κ3) is 4.45. The lowest BCUT2D eigenvalue weighted by Crippen LogP contribution is -2.41. The smallest absolute Gasteiger partial charge is 0.161 e. The highest BCUT2D eigenvalue weighted by Crippen LogP contribution is 2.36. The van der Waals surface area contributed by atoms with Gasteiger partial charge in [-0.25, -0.2) is 4.98 Å². The number of aromatic nitrogens is 3. The summed E-state index contributed by atoms with van der Waals surface area (Å²) in [6.07, 6.45) is 8.52. The Bertz CT molecular complexity index is 1470. The van der Waals surface area contributed by atoms with Gasteiger partial charge in [-0.2, -0.15) is 5.26 Å². The number of rotatable bonds is 6. The molecular formula is C31H34N6. The summed E-state index contributed by atoms with van der Waals surface area (Å²) in [4.78, 5) is 7.28. The van der Waals surface area contributed by atoms with Crippen LogP contribution in [0.5, 0.6) is 0 Å². The third-order valence-electron chi connectivity index (χ3n) is 8.18. The highest BCUT2D eigenvalue weighted by atomic mass is 15.2. The zero-order chi connectivity index (χ0) is 25.6. The number of hydrogen-bond donors (Lipinski definition) is 1. The van der Waals surface area contributed by atoms with Gasteiger partial charge in [0, 0.05) is 61.6 Å². The van der Waals surface area contributed by atoms with Gasteiger partial charge < -0.3 is 14.8 Å². The van der Waals surface area contributed by atoms with E-state index >= 15 is 0 Å². The molecule has 0 unspecified atom stereocenters. The van der Waals surface area contributed by atoms with Crippen LogP contribution in [0.3, 0.4) is 0 Å². The van der Waals surface area contributed by atoms with Crippen LogP contribution < -0.4 is 10.2 Å². The fraction of sp³-hybridized carbons (Fsp3) is 0.355. The Balaban J connectivity index is 1.28. The minimum absolute atomic E-state index is 0.199. The lowest BCUT2D eigenvalue weighted by Gasteiger charge is -2.27. The van der Waals surface area contributed by atoms with Gasteiger partial charge in [0.25, 0.3) is 0 Å². The number of anilines is 1. The topological polar surface area (TPSA) is 61.8 Å². The normalized spacial score (nSPS) is 16.6. The van der Waals surface area contributed by atoms with Gasteiger partial charge in [-0.3, -0.25) is 4.57 Å². The van der Waals surface area contributed by atoms with Crippen molar-refractivity contribution < 1.29 is 0 Å². The third-order valence-corrected chi connectivity index (χ3v) is 8.18. The molecule has 2 aliphatic rings. The first kappa shape index (κ1) is 23.6. The van der Waals surface area contributed by atoms with Crippen LogP contribution in [-0.4, -0.2) is 39.3 Å². The van der Waals surface area contributed by atoms with E-state index in [1.165, 1.54) is 23.4 Å². The molecule has 37 heavy (non-hydrogen) atoms. The van der Waals surface area contributed by atoms with E-state index < -0.39 is 0 Å². The molecule has 1 atom stereocenters. The second-order valence-electron chi connectivity index (χ2n) is 11.1.